The van der Waals surface area contributed by atoms with Crippen molar-refractivity contribution in [1.82, 2.24) is 14.3 Å². The van der Waals surface area contributed by atoms with Gasteiger partial charge in [-0.3, -0.25) is 0 Å². The van der Waals surface area contributed by atoms with E-state index in [1.165, 1.54) is 5.69 Å². The zero-order valence-corrected chi connectivity index (χ0v) is 16.1. The van der Waals surface area contributed by atoms with Crippen LogP contribution < -0.4 is 9.64 Å². The largest absolute Gasteiger partial charge is 0.495 e. The maximum atomic E-state index is 6.32. The first kappa shape index (κ1) is 17.2. The Labute approximate surface area is 158 Å². The number of fused-ring (bicyclic) bond motifs is 1. The molecule has 3 aromatic rings. The van der Waals surface area contributed by atoms with Crippen molar-refractivity contribution in [2.24, 2.45) is 0 Å². The minimum Gasteiger partial charge on any atom is -0.495 e. The molecule has 1 saturated heterocycles. The van der Waals surface area contributed by atoms with Gasteiger partial charge in [0.25, 0.3) is 0 Å². The number of hydrogen-bond donors (Lipinski definition) is 0. The molecule has 0 N–H and O–H groups in total. The number of aryl methyl sites for hydroxylation is 1. The zero-order valence-electron chi connectivity index (χ0n) is 15.4. The summed E-state index contributed by atoms with van der Waals surface area (Å²) in [6.07, 6.45) is 4.13. The Morgan fingerprint density at radius 3 is 2.62 bits per heavy atom. The highest BCUT2D eigenvalue weighted by Crippen LogP contribution is 2.33. The number of hydrogen-bond acceptors (Lipinski definition) is 4. The number of nitrogens with zero attached hydrogens (tertiary/aromatic N) is 4. The molecule has 4 rings (SSSR count). The monoisotopic (exact) mass is 370 g/mol. The van der Waals surface area contributed by atoms with E-state index in [4.69, 9.17) is 21.3 Å². The van der Waals surface area contributed by atoms with Gasteiger partial charge in [0.05, 0.1) is 17.8 Å². The van der Waals surface area contributed by atoms with Gasteiger partial charge in [-0.15, -0.1) is 0 Å². The van der Waals surface area contributed by atoms with Crippen LogP contribution in [0, 0.1) is 6.92 Å². The Kier molecular flexibility index (Phi) is 4.51. The Bertz CT molecular complexity index is 944. The smallest absolute Gasteiger partial charge is 0.139 e. The first-order valence-electron chi connectivity index (χ1n) is 8.82. The van der Waals surface area contributed by atoms with E-state index >= 15 is 0 Å². The van der Waals surface area contributed by atoms with Gasteiger partial charge in [-0.1, -0.05) is 11.6 Å². The average Bonchev–Trinajstić information content (AvgIpc) is 3.06. The molecular formula is C20H23ClN4O. The SMILES string of the molecule is COc1cc(C)c(-c2cn3ccc(N4CCN(C)CC4)cc3n2)cc1Cl. The highest BCUT2D eigenvalue weighted by Gasteiger charge is 2.16. The number of imidazole rings is 1. The van der Waals surface area contributed by atoms with Gasteiger partial charge in [0.15, 0.2) is 0 Å². The number of rotatable bonds is 3. The second kappa shape index (κ2) is 6.82. The van der Waals surface area contributed by atoms with Crippen LogP contribution in [-0.2, 0) is 0 Å². The number of anilines is 1. The number of ether oxygens (including phenoxy) is 1. The number of piperazine rings is 1. The summed E-state index contributed by atoms with van der Waals surface area (Å²) < 4.78 is 7.36. The Balaban J connectivity index is 1.69. The Morgan fingerprint density at radius 1 is 1.12 bits per heavy atom. The highest BCUT2D eigenvalue weighted by atomic mass is 35.5. The molecule has 0 atom stereocenters. The van der Waals surface area contributed by atoms with Crippen molar-refractivity contribution in [3.8, 4) is 17.0 Å². The molecule has 1 aliphatic heterocycles. The number of benzene rings is 1. The topological polar surface area (TPSA) is 33.0 Å². The van der Waals surface area contributed by atoms with Gasteiger partial charge in [0.1, 0.15) is 11.4 Å². The molecule has 0 saturated carbocycles. The van der Waals surface area contributed by atoms with Crippen LogP contribution in [0.1, 0.15) is 5.56 Å². The van der Waals surface area contributed by atoms with Gasteiger partial charge in [-0.05, 0) is 37.7 Å². The van der Waals surface area contributed by atoms with Gasteiger partial charge in [0.2, 0.25) is 0 Å². The molecule has 0 spiro atoms. The van der Waals surface area contributed by atoms with Crippen LogP contribution in [-0.4, -0.2) is 54.6 Å². The van der Waals surface area contributed by atoms with Crippen molar-refractivity contribution in [1.29, 1.82) is 0 Å². The predicted octanol–water partition coefficient (Wildman–Crippen LogP) is 3.72. The Hall–Kier alpha value is -2.24. The third-order valence-corrected chi connectivity index (χ3v) is 5.38. The molecule has 2 aromatic heterocycles. The molecule has 1 fully saturated rings. The third kappa shape index (κ3) is 3.13. The van der Waals surface area contributed by atoms with Gasteiger partial charge >= 0.3 is 0 Å². The standard InChI is InChI=1S/C20H23ClN4O/c1-14-10-19(26-3)17(21)12-16(14)18-13-25-5-4-15(11-20(25)22-18)24-8-6-23(2)7-9-24/h4-5,10-13H,6-9H2,1-3H3. The molecule has 0 amide bonds. The molecular weight excluding hydrogens is 348 g/mol. The molecule has 136 valence electrons. The van der Waals surface area contributed by atoms with Crippen molar-refractivity contribution in [2.75, 3.05) is 45.2 Å². The fourth-order valence-corrected chi connectivity index (χ4v) is 3.69. The van der Waals surface area contributed by atoms with Crippen molar-refractivity contribution in [3.05, 3.63) is 47.2 Å². The second-order valence-electron chi connectivity index (χ2n) is 6.87. The van der Waals surface area contributed by atoms with Gasteiger partial charge in [-0.2, -0.15) is 0 Å². The lowest BCUT2D eigenvalue weighted by Crippen LogP contribution is -2.44. The van der Waals surface area contributed by atoms with Crippen molar-refractivity contribution < 1.29 is 4.74 Å². The van der Waals surface area contributed by atoms with Crippen molar-refractivity contribution >= 4 is 22.9 Å². The summed E-state index contributed by atoms with van der Waals surface area (Å²) in [6, 6.07) is 8.21. The lowest BCUT2D eigenvalue weighted by Gasteiger charge is -2.34. The first-order chi connectivity index (χ1) is 12.5. The van der Waals surface area contributed by atoms with Gasteiger partial charge in [0, 0.05) is 55.9 Å². The molecule has 1 aromatic carbocycles. The number of aromatic nitrogens is 2. The highest BCUT2D eigenvalue weighted by molar-refractivity contribution is 6.32. The van der Waals surface area contributed by atoms with E-state index in [0.29, 0.717) is 10.8 Å². The molecule has 0 radical (unpaired) electrons. The van der Waals surface area contributed by atoms with Crippen molar-refractivity contribution in [3.63, 3.8) is 0 Å². The lowest BCUT2D eigenvalue weighted by molar-refractivity contribution is 0.313. The first-order valence-corrected chi connectivity index (χ1v) is 9.20. The number of pyridine rings is 1. The summed E-state index contributed by atoms with van der Waals surface area (Å²) in [7, 11) is 3.80. The van der Waals surface area contributed by atoms with Crippen LogP contribution in [0.5, 0.6) is 5.75 Å². The number of halogens is 1. The maximum absolute atomic E-state index is 6.32. The molecule has 0 aliphatic carbocycles. The third-order valence-electron chi connectivity index (χ3n) is 5.09. The van der Waals surface area contributed by atoms with E-state index in [0.717, 1.165) is 48.6 Å². The lowest BCUT2D eigenvalue weighted by atomic mass is 10.1. The summed E-state index contributed by atoms with van der Waals surface area (Å²) in [4.78, 5) is 9.62. The van der Waals surface area contributed by atoms with E-state index in [-0.39, 0.29) is 0 Å². The molecule has 1 aliphatic rings. The summed E-state index contributed by atoms with van der Waals surface area (Å²) in [5.41, 5.74) is 5.21. The summed E-state index contributed by atoms with van der Waals surface area (Å²) in [5, 5.41) is 0.600. The fourth-order valence-electron chi connectivity index (χ4n) is 3.45. The quantitative estimate of drug-likeness (QED) is 0.703. The fraction of sp³-hybridized carbons (Fsp3) is 0.350. The summed E-state index contributed by atoms with van der Waals surface area (Å²) in [6.45, 7) is 6.33. The Morgan fingerprint density at radius 2 is 1.88 bits per heavy atom. The van der Waals surface area contributed by atoms with E-state index < -0.39 is 0 Å². The summed E-state index contributed by atoms with van der Waals surface area (Å²) >= 11 is 6.32. The van der Waals surface area contributed by atoms with E-state index in [2.05, 4.69) is 39.6 Å². The van der Waals surface area contributed by atoms with Crippen LogP contribution >= 0.6 is 11.6 Å². The molecule has 26 heavy (non-hydrogen) atoms. The second-order valence-corrected chi connectivity index (χ2v) is 7.28. The molecule has 5 nitrogen and oxygen atoms in total. The normalized spacial score (nSPS) is 15.6. The number of likely N-dealkylation sites (N-methyl/N-ethyl adjacent to an activating group) is 1. The number of methoxy groups -OCH3 is 1. The predicted molar refractivity (Wildman–Crippen MR) is 107 cm³/mol. The van der Waals surface area contributed by atoms with E-state index in [1.54, 1.807) is 7.11 Å². The van der Waals surface area contributed by atoms with Gasteiger partial charge in [-0.25, -0.2) is 4.98 Å². The van der Waals surface area contributed by atoms with Gasteiger partial charge < -0.3 is 18.9 Å². The van der Waals surface area contributed by atoms with Crippen molar-refractivity contribution in [2.45, 2.75) is 6.92 Å². The zero-order chi connectivity index (χ0) is 18.3. The van der Waals surface area contributed by atoms with Crippen LogP contribution in [0.15, 0.2) is 36.7 Å². The van der Waals surface area contributed by atoms with Crippen LogP contribution in [0.2, 0.25) is 5.02 Å². The van der Waals surface area contributed by atoms with Crippen LogP contribution in [0.25, 0.3) is 16.9 Å². The minimum absolute atomic E-state index is 0.600. The maximum Gasteiger partial charge on any atom is 0.139 e. The minimum atomic E-state index is 0.600. The molecule has 3 heterocycles. The summed E-state index contributed by atoms with van der Waals surface area (Å²) in [5.74, 6) is 0.689. The van der Waals surface area contributed by atoms with E-state index in [9.17, 15) is 0 Å². The average molecular weight is 371 g/mol. The molecule has 0 unspecified atom stereocenters. The van der Waals surface area contributed by atoms with E-state index in [1.807, 2.05) is 25.3 Å². The van der Waals surface area contributed by atoms with Crippen LogP contribution in [0.4, 0.5) is 5.69 Å². The van der Waals surface area contributed by atoms with Crippen LogP contribution in [0.3, 0.4) is 0 Å². The molecule has 6 heteroatoms. The molecule has 0 bridgehead atoms.